The highest BCUT2D eigenvalue weighted by atomic mass is 127. The standard InChI is InChI=1S/C11H23N3O2.HI/c1-8(2)14-11(12-5)13-7-6-10(15)16-9(3)4;/h8-9H,6-7H2,1-5H3,(H2,12,13,14);1H. The zero-order valence-corrected chi connectivity index (χ0v) is 13.6. The second-order valence-corrected chi connectivity index (χ2v) is 4.09. The molecule has 0 rings (SSSR count). The summed E-state index contributed by atoms with van der Waals surface area (Å²) in [5.74, 6) is 0.509. The summed E-state index contributed by atoms with van der Waals surface area (Å²) in [6.45, 7) is 8.26. The molecule has 0 fully saturated rings. The quantitative estimate of drug-likeness (QED) is 0.339. The number of ether oxygens (including phenoxy) is 1. The van der Waals surface area contributed by atoms with E-state index in [2.05, 4.69) is 15.6 Å². The summed E-state index contributed by atoms with van der Waals surface area (Å²) < 4.78 is 5.01. The number of halogens is 1. The Morgan fingerprint density at radius 3 is 2.29 bits per heavy atom. The van der Waals surface area contributed by atoms with Crippen LogP contribution in [0.3, 0.4) is 0 Å². The number of guanidine groups is 1. The molecule has 0 aromatic carbocycles. The van der Waals surface area contributed by atoms with Crippen LogP contribution in [-0.2, 0) is 9.53 Å². The minimum atomic E-state index is -0.192. The summed E-state index contributed by atoms with van der Waals surface area (Å²) in [5.41, 5.74) is 0. The average molecular weight is 357 g/mol. The molecule has 102 valence electrons. The van der Waals surface area contributed by atoms with Crippen LogP contribution in [0.25, 0.3) is 0 Å². The van der Waals surface area contributed by atoms with E-state index in [-0.39, 0.29) is 36.0 Å². The second-order valence-electron chi connectivity index (χ2n) is 4.09. The van der Waals surface area contributed by atoms with Crippen molar-refractivity contribution in [2.24, 2.45) is 4.99 Å². The van der Waals surface area contributed by atoms with Crippen molar-refractivity contribution in [3.05, 3.63) is 0 Å². The fourth-order valence-corrected chi connectivity index (χ4v) is 1.07. The number of carbonyl (C=O) groups is 1. The van der Waals surface area contributed by atoms with Gasteiger partial charge in [-0.25, -0.2) is 0 Å². The number of nitrogens with one attached hydrogen (secondary N) is 2. The molecule has 6 heteroatoms. The smallest absolute Gasteiger partial charge is 0.307 e. The molecule has 2 N–H and O–H groups in total. The van der Waals surface area contributed by atoms with Crippen molar-refractivity contribution in [3.8, 4) is 0 Å². The number of carbonyl (C=O) groups excluding carboxylic acids is 1. The lowest BCUT2D eigenvalue weighted by Gasteiger charge is -2.14. The molecular weight excluding hydrogens is 333 g/mol. The minimum absolute atomic E-state index is 0. The van der Waals surface area contributed by atoms with Crippen molar-refractivity contribution in [1.29, 1.82) is 0 Å². The highest BCUT2D eigenvalue weighted by Crippen LogP contribution is 1.92. The van der Waals surface area contributed by atoms with Gasteiger partial charge in [-0.2, -0.15) is 0 Å². The normalized spacial score (nSPS) is 11.1. The second kappa shape index (κ2) is 10.6. The lowest BCUT2D eigenvalue weighted by molar-refractivity contribution is -0.147. The van der Waals surface area contributed by atoms with Crippen LogP contribution in [0.15, 0.2) is 4.99 Å². The van der Waals surface area contributed by atoms with Gasteiger partial charge < -0.3 is 15.4 Å². The first kappa shape index (κ1) is 18.8. The van der Waals surface area contributed by atoms with Crippen molar-refractivity contribution in [2.45, 2.75) is 46.3 Å². The average Bonchev–Trinajstić information content (AvgIpc) is 2.14. The van der Waals surface area contributed by atoms with Crippen molar-refractivity contribution < 1.29 is 9.53 Å². The third-order valence-corrected chi connectivity index (χ3v) is 1.64. The molecule has 0 spiro atoms. The lowest BCUT2D eigenvalue weighted by atomic mass is 10.4. The fraction of sp³-hybridized carbons (Fsp3) is 0.818. The lowest BCUT2D eigenvalue weighted by Crippen LogP contribution is -2.41. The third-order valence-electron chi connectivity index (χ3n) is 1.64. The predicted octanol–water partition coefficient (Wildman–Crippen LogP) is 1.52. The number of nitrogens with zero attached hydrogens (tertiary/aromatic N) is 1. The van der Waals surface area contributed by atoms with Gasteiger partial charge in [-0.15, -0.1) is 24.0 Å². The Kier molecular flexibility index (Phi) is 11.8. The van der Waals surface area contributed by atoms with E-state index < -0.39 is 0 Å². The monoisotopic (exact) mass is 357 g/mol. The Morgan fingerprint density at radius 2 is 1.88 bits per heavy atom. The number of aliphatic imine (C=N–C) groups is 1. The predicted molar refractivity (Wildman–Crippen MR) is 80.9 cm³/mol. The van der Waals surface area contributed by atoms with Crippen molar-refractivity contribution in [1.82, 2.24) is 10.6 Å². The highest BCUT2D eigenvalue weighted by Gasteiger charge is 2.06. The molecule has 0 radical (unpaired) electrons. The molecule has 17 heavy (non-hydrogen) atoms. The van der Waals surface area contributed by atoms with Gasteiger partial charge in [-0.3, -0.25) is 9.79 Å². The van der Waals surface area contributed by atoms with Crippen LogP contribution in [0.1, 0.15) is 34.1 Å². The fourth-order valence-electron chi connectivity index (χ4n) is 1.07. The van der Waals surface area contributed by atoms with Crippen LogP contribution in [-0.4, -0.2) is 37.7 Å². The molecule has 0 aliphatic rings. The summed E-state index contributed by atoms with van der Waals surface area (Å²) in [6, 6.07) is 0.314. The molecule has 0 bridgehead atoms. The maximum atomic E-state index is 11.2. The van der Waals surface area contributed by atoms with Crippen LogP contribution in [0.4, 0.5) is 0 Å². The zero-order valence-electron chi connectivity index (χ0n) is 11.2. The Balaban J connectivity index is 0. The van der Waals surface area contributed by atoms with Gasteiger partial charge in [0, 0.05) is 19.6 Å². The largest absolute Gasteiger partial charge is 0.463 e. The van der Waals surface area contributed by atoms with Crippen molar-refractivity contribution >= 4 is 35.9 Å². The summed E-state index contributed by atoms with van der Waals surface area (Å²) in [7, 11) is 1.70. The van der Waals surface area contributed by atoms with Gasteiger partial charge in [0.25, 0.3) is 0 Å². The summed E-state index contributed by atoms with van der Waals surface area (Å²) >= 11 is 0. The molecule has 5 nitrogen and oxygen atoms in total. The molecule has 0 aromatic rings. The molecule has 0 saturated heterocycles. The first-order valence-corrected chi connectivity index (χ1v) is 5.62. The number of hydrogen-bond donors (Lipinski definition) is 2. The van der Waals surface area contributed by atoms with Gasteiger partial charge in [0.05, 0.1) is 12.5 Å². The topological polar surface area (TPSA) is 62.7 Å². The number of esters is 1. The Morgan fingerprint density at radius 1 is 1.29 bits per heavy atom. The molecule has 0 aliphatic carbocycles. The highest BCUT2D eigenvalue weighted by molar-refractivity contribution is 14.0. The SMILES string of the molecule is CN=C(NCCC(=O)OC(C)C)NC(C)C.I. The van der Waals surface area contributed by atoms with Crippen LogP contribution < -0.4 is 10.6 Å². The van der Waals surface area contributed by atoms with Crippen molar-refractivity contribution in [2.75, 3.05) is 13.6 Å². The van der Waals surface area contributed by atoms with Gasteiger partial charge in [0.1, 0.15) is 0 Å². The van der Waals surface area contributed by atoms with Crippen LogP contribution in [0, 0.1) is 0 Å². The van der Waals surface area contributed by atoms with E-state index in [1.54, 1.807) is 7.05 Å². The van der Waals surface area contributed by atoms with Gasteiger partial charge in [0.2, 0.25) is 0 Å². The van der Waals surface area contributed by atoms with Crippen molar-refractivity contribution in [3.63, 3.8) is 0 Å². The van der Waals surface area contributed by atoms with E-state index in [0.29, 0.717) is 25.0 Å². The van der Waals surface area contributed by atoms with E-state index in [4.69, 9.17) is 4.74 Å². The van der Waals surface area contributed by atoms with Crippen LogP contribution >= 0.6 is 24.0 Å². The first-order chi connectivity index (χ1) is 7.45. The van der Waals surface area contributed by atoms with Crippen LogP contribution in [0.2, 0.25) is 0 Å². The van der Waals surface area contributed by atoms with E-state index in [1.807, 2.05) is 27.7 Å². The Bertz CT molecular complexity index is 243. The number of hydrogen-bond acceptors (Lipinski definition) is 3. The van der Waals surface area contributed by atoms with E-state index in [9.17, 15) is 4.79 Å². The Hall–Kier alpha value is -0.530. The maximum absolute atomic E-state index is 11.2. The Labute approximate surface area is 121 Å². The molecule has 0 unspecified atom stereocenters. The van der Waals surface area contributed by atoms with Gasteiger partial charge in [-0.05, 0) is 27.7 Å². The molecule has 0 atom stereocenters. The summed E-state index contributed by atoms with van der Waals surface area (Å²) in [4.78, 5) is 15.3. The molecular formula is C11H24IN3O2. The van der Waals surface area contributed by atoms with Crippen LogP contribution in [0.5, 0.6) is 0 Å². The molecule has 0 aliphatic heterocycles. The van der Waals surface area contributed by atoms with E-state index >= 15 is 0 Å². The molecule has 0 aromatic heterocycles. The first-order valence-electron chi connectivity index (χ1n) is 5.62. The third kappa shape index (κ3) is 11.7. The molecule has 0 saturated carbocycles. The summed E-state index contributed by atoms with van der Waals surface area (Å²) in [5, 5.41) is 6.17. The van der Waals surface area contributed by atoms with E-state index in [0.717, 1.165) is 0 Å². The maximum Gasteiger partial charge on any atom is 0.307 e. The van der Waals surface area contributed by atoms with Gasteiger partial charge in [-0.1, -0.05) is 0 Å². The summed E-state index contributed by atoms with van der Waals surface area (Å²) in [6.07, 6.45) is 0.289. The van der Waals surface area contributed by atoms with Gasteiger partial charge in [0.15, 0.2) is 5.96 Å². The zero-order chi connectivity index (χ0) is 12.6. The number of rotatable bonds is 5. The molecule has 0 heterocycles. The van der Waals surface area contributed by atoms with Gasteiger partial charge >= 0.3 is 5.97 Å². The minimum Gasteiger partial charge on any atom is -0.463 e. The molecule has 0 amide bonds. The van der Waals surface area contributed by atoms with E-state index in [1.165, 1.54) is 0 Å².